The Labute approximate surface area is 78.7 Å². The van der Waals surface area contributed by atoms with E-state index in [0.29, 0.717) is 0 Å². The summed E-state index contributed by atoms with van der Waals surface area (Å²) < 4.78 is 0. The van der Waals surface area contributed by atoms with Crippen molar-refractivity contribution in [2.45, 2.75) is 13.8 Å². The third-order valence-corrected chi connectivity index (χ3v) is 1.96. The highest BCUT2D eigenvalue weighted by Crippen LogP contribution is 2.16. The lowest BCUT2D eigenvalue weighted by molar-refractivity contribution is 1.18. The molecule has 0 aliphatic carbocycles. The van der Waals surface area contributed by atoms with Gasteiger partial charge in [0.2, 0.25) is 0 Å². The molecule has 1 rings (SSSR count). The lowest BCUT2D eigenvalue weighted by Gasteiger charge is -2.17. The van der Waals surface area contributed by atoms with Crippen molar-refractivity contribution >= 4 is 11.6 Å². The van der Waals surface area contributed by atoms with Gasteiger partial charge in [0.1, 0.15) is 0 Å². The predicted octanol–water partition coefficient (Wildman–Crippen LogP) is 1.63. The molecule has 0 aromatic heterocycles. The van der Waals surface area contributed by atoms with Crippen molar-refractivity contribution in [1.29, 1.82) is 5.41 Å². The van der Waals surface area contributed by atoms with E-state index in [9.17, 15) is 0 Å². The van der Waals surface area contributed by atoms with Crippen LogP contribution < -0.4 is 10.6 Å². The molecule has 0 saturated carbocycles. The van der Waals surface area contributed by atoms with E-state index in [1.54, 1.807) is 11.9 Å². The molecule has 70 valence electrons. The monoisotopic (exact) mass is 177 g/mol. The molecule has 0 atom stereocenters. The first kappa shape index (κ1) is 9.58. The van der Waals surface area contributed by atoms with Gasteiger partial charge in [0.05, 0.1) is 0 Å². The van der Waals surface area contributed by atoms with Gasteiger partial charge in [0.15, 0.2) is 5.96 Å². The lowest BCUT2D eigenvalue weighted by atomic mass is 10.1. The summed E-state index contributed by atoms with van der Waals surface area (Å²) in [5.74, 6) is 0.0602. The number of hydrogen-bond acceptors (Lipinski definition) is 1. The van der Waals surface area contributed by atoms with E-state index in [1.807, 2.05) is 26.0 Å². The fourth-order valence-electron chi connectivity index (χ4n) is 1.28. The molecule has 3 heteroatoms. The predicted molar refractivity (Wildman–Crippen MR) is 56.2 cm³/mol. The quantitative estimate of drug-likeness (QED) is 0.506. The zero-order chi connectivity index (χ0) is 10.0. The minimum Gasteiger partial charge on any atom is -0.370 e. The van der Waals surface area contributed by atoms with Crippen LogP contribution in [-0.2, 0) is 0 Å². The van der Waals surface area contributed by atoms with Gasteiger partial charge in [0.25, 0.3) is 0 Å². The first-order valence-electron chi connectivity index (χ1n) is 4.17. The maximum Gasteiger partial charge on any atom is 0.192 e. The molecule has 0 fully saturated rings. The van der Waals surface area contributed by atoms with Crippen molar-refractivity contribution in [1.82, 2.24) is 0 Å². The van der Waals surface area contributed by atoms with Gasteiger partial charge < -0.3 is 10.6 Å². The minimum atomic E-state index is 0.0602. The van der Waals surface area contributed by atoms with Crippen LogP contribution in [0.2, 0.25) is 0 Å². The molecule has 0 radical (unpaired) electrons. The maximum atomic E-state index is 7.28. The first-order valence-corrected chi connectivity index (χ1v) is 4.17. The molecule has 0 spiro atoms. The van der Waals surface area contributed by atoms with Crippen molar-refractivity contribution in [3.05, 3.63) is 29.3 Å². The van der Waals surface area contributed by atoms with Crippen LogP contribution in [0.5, 0.6) is 0 Å². The molecule has 13 heavy (non-hydrogen) atoms. The average Bonchev–Trinajstić information content (AvgIpc) is 2.01. The number of benzene rings is 1. The van der Waals surface area contributed by atoms with Crippen LogP contribution in [0.3, 0.4) is 0 Å². The largest absolute Gasteiger partial charge is 0.370 e. The topological polar surface area (TPSA) is 53.1 Å². The summed E-state index contributed by atoms with van der Waals surface area (Å²) in [6.45, 7) is 4.06. The molecule has 0 amide bonds. The Bertz CT molecular complexity index is 311. The van der Waals surface area contributed by atoms with Crippen molar-refractivity contribution in [2.24, 2.45) is 5.73 Å². The van der Waals surface area contributed by atoms with Gasteiger partial charge in [0, 0.05) is 12.7 Å². The SMILES string of the molecule is Cc1cc(C)cc(N(C)C(=N)N)c1. The van der Waals surface area contributed by atoms with E-state index in [-0.39, 0.29) is 5.96 Å². The van der Waals surface area contributed by atoms with Gasteiger partial charge in [-0.2, -0.15) is 0 Å². The van der Waals surface area contributed by atoms with Gasteiger partial charge in [-0.05, 0) is 37.1 Å². The Balaban J connectivity index is 3.07. The molecular weight excluding hydrogens is 162 g/mol. The number of aryl methyl sites for hydroxylation is 2. The Morgan fingerprint density at radius 1 is 1.23 bits per heavy atom. The lowest BCUT2D eigenvalue weighted by Crippen LogP contribution is -2.32. The van der Waals surface area contributed by atoms with Crippen molar-refractivity contribution < 1.29 is 0 Å². The Kier molecular flexibility index (Phi) is 2.56. The molecule has 0 saturated heterocycles. The Morgan fingerprint density at radius 3 is 2.08 bits per heavy atom. The maximum absolute atomic E-state index is 7.28. The molecule has 1 aromatic carbocycles. The van der Waals surface area contributed by atoms with Gasteiger partial charge in [-0.25, -0.2) is 0 Å². The number of nitrogens with two attached hydrogens (primary N) is 1. The summed E-state index contributed by atoms with van der Waals surface area (Å²) in [5, 5.41) is 7.28. The second-order valence-corrected chi connectivity index (χ2v) is 3.29. The molecule has 0 unspecified atom stereocenters. The number of guanidine groups is 1. The smallest absolute Gasteiger partial charge is 0.192 e. The highest BCUT2D eigenvalue weighted by Gasteiger charge is 2.03. The third kappa shape index (κ3) is 2.21. The van der Waals surface area contributed by atoms with Crippen molar-refractivity contribution in [3.63, 3.8) is 0 Å². The summed E-state index contributed by atoms with van der Waals surface area (Å²) >= 11 is 0. The summed E-state index contributed by atoms with van der Waals surface area (Å²) in [5.41, 5.74) is 8.71. The number of hydrogen-bond donors (Lipinski definition) is 2. The molecule has 0 bridgehead atoms. The molecule has 0 aliphatic heterocycles. The normalized spacial score (nSPS) is 9.77. The number of anilines is 1. The zero-order valence-corrected chi connectivity index (χ0v) is 8.26. The summed E-state index contributed by atoms with van der Waals surface area (Å²) in [6.07, 6.45) is 0. The van der Waals surface area contributed by atoms with E-state index < -0.39 is 0 Å². The van der Waals surface area contributed by atoms with E-state index >= 15 is 0 Å². The molecule has 1 aromatic rings. The van der Waals surface area contributed by atoms with Crippen molar-refractivity contribution in [3.8, 4) is 0 Å². The van der Waals surface area contributed by atoms with Crippen LogP contribution >= 0.6 is 0 Å². The highest BCUT2D eigenvalue weighted by atomic mass is 15.2. The van der Waals surface area contributed by atoms with Crippen LogP contribution in [0, 0.1) is 19.3 Å². The van der Waals surface area contributed by atoms with Gasteiger partial charge in [-0.3, -0.25) is 5.41 Å². The summed E-state index contributed by atoms with van der Waals surface area (Å²) in [4.78, 5) is 1.65. The van der Waals surface area contributed by atoms with Crippen LogP contribution in [0.25, 0.3) is 0 Å². The number of rotatable bonds is 1. The summed E-state index contributed by atoms with van der Waals surface area (Å²) in [6, 6.07) is 6.11. The fourth-order valence-corrected chi connectivity index (χ4v) is 1.28. The van der Waals surface area contributed by atoms with E-state index in [2.05, 4.69) is 6.07 Å². The van der Waals surface area contributed by atoms with Crippen molar-refractivity contribution in [2.75, 3.05) is 11.9 Å². The number of nitrogens with zero attached hydrogens (tertiary/aromatic N) is 1. The zero-order valence-electron chi connectivity index (χ0n) is 8.26. The van der Waals surface area contributed by atoms with Gasteiger partial charge >= 0.3 is 0 Å². The highest BCUT2D eigenvalue weighted by molar-refractivity contribution is 5.92. The van der Waals surface area contributed by atoms with Gasteiger partial charge in [-0.1, -0.05) is 6.07 Å². The molecule has 3 nitrogen and oxygen atoms in total. The Hall–Kier alpha value is -1.51. The van der Waals surface area contributed by atoms with Crippen LogP contribution in [0.1, 0.15) is 11.1 Å². The minimum absolute atomic E-state index is 0.0602. The van der Waals surface area contributed by atoms with Gasteiger partial charge in [-0.15, -0.1) is 0 Å². The second kappa shape index (κ2) is 3.47. The fraction of sp³-hybridized carbons (Fsp3) is 0.300. The average molecular weight is 177 g/mol. The molecule has 0 aliphatic rings. The summed E-state index contributed by atoms with van der Waals surface area (Å²) in [7, 11) is 1.79. The van der Waals surface area contributed by atoms with Crippen LogP contribution in [0.15, 0.2) is 18.2 Å². The molecular formula is C10H15N3. The van der Waals surface area contributed by atoms with Crippen LogP contribution in [0.4, 0.5) is 5.69 Å². The molecule has 0 heterocycles. The standard InChI is InChI=1S/C10H15N3/c1-7-4-8(2)6-9(5-7)13(3)10(11)12/h4-6H,1-3H3,(H3,11,12). The van der Waals surface area contributed by atoms with E-state index in [4.69, 9.17) is 11.1 Å². The third-order valence-electron chi connectivity index (χ3n) is 1.96. The Morgan fingerprint density at radius 2 is 1.69 bits per heavy atom. The van der Waals surface area contributed by atoms with E-state index in [0.717, 1.165) is 5.69 Å². The first-order chi connectivity index (χ1) is 6.00. The number of nitrogens with one attached hydrogen (secondary N) is 1. The van der Waals surface area contributed by atoms with Crippen LogP contribution in [-0.4, -0.2) is 13.0 Å². The second-order valence-electron chi connectivity index (χ2n) is 3.29. The molecule has 3 N–H and O–H groups in total. The van der Waals surface area contributed by atoms with E-state index in [1.165, 1.54) is 11.1 Å².